The molecule has 2 aliphatic rings. The highest BCUT2D eigenvalue weighted by Gasteiger charge is 2.46. The number of carboxylic acid groups (broad SMARTS) is 1. The van der Waals surface area contributed by atoms with E-state index in [4.69, 9.17) is 14.6 Å². The maximum atomic E-state index is 10.9. The van der Waals surface area contributed by atoms with E-state index in [9.17, 15) is 4.79 Å². The van der Waals surface area contributed by atoms with Gasteiger partial charge in [-0.3, -0.25) is 4.79 Å². The summed E-state index contributed by atoms with van der Waals surface area (Å²) in [6.45, 7) is 2.22. The van der Waals surface area contributed by atoms with Crippen LogP contribution in [-0.2, 0) is 10.2 Å². The third kappa shape index (κ3) is 1.64. The average molecular weight is 234 g/mol. The van der Waals surface area contributed by atoms with Gasteiger partial charge in [-0.25, -0.2) is 0 Å². The molecule has 1 saturated carbocycles. The van der Waals surface area contributed by atoms with Gasteiger partial charge in [0.05, 0.1) is 6.42 Å². The fourth-order valence-corrected chi connectivity index (χ4v) is 2.50. The van der Waals surface area contributed by atoms with Crippen LogP contribution in [0.2, 0.25) is 0 Å². The highest BCUT2D eigenvalue weighted by atomic mass is 16.7. The molecule has 1 aliphatic carbocycles. The molecule has 0 spiro atoms. The largest absolute Gasteiger partial charge is 0.481 e. The summed E-state index contributed by atoms with van der Waals surface area (Å²) in [5, 5.41) is 8.96. The molecule has 4 nitrogen and oxygen atoms in total. The number of ether oxygens (including phenoxy) is 2. The summed E-state index contributed by atoms with van der Waals surface area (Å²) in [5.74, 6) is 0.800. The van der Waals surface area contributed by atoms with E-state index in [0.717, 1.165) is 35.5 Å². The molecular formula is C13H14O4. The third-order valence-corrected chi connectivity index (χ3v) is 3.61. The second kappa shape index (κ2) is 3.39. The summed E-state index contributed by atoms with van der Waals surface area (Å²) >= 11 is 0. The number of carbonyl (C=O) groups is 1. The first-order valence-electron chi connectivity index (χ1n) is 5.73. The van der Waals surface area contributed by atoms with Gasteiger partial charge in [-0.1, -0.05) is 6.07 Å². The summed E-state index contributed by atoms with van der Waals surface area (Å²) in [7, 11) is 0. The Bertz CT molecular complexity index is 488. The van der Waals surface area contributed by atoms with Crippen molar-refractivity contribution in [1.82, 2.24) is 0 Å². The Morgan fingerprint density at radius 2 is 2.18 bits per heavy atom. The Hall–Kier alpha value is -1.71. The van der Waals surface area contributed by atoms with Gasteiger partial charge in [0.1, 0.15) is 0 Å². The van der Waals surface area contributed by atoms with Gasteiger partial charge in [-0.15, -0.1) is 0 Å². The van der Waals surface area contributed by atoms with Crippen LogP contribution in [-0.4, -0.2) is 17.9 Å². The lowest BCUT2D eigenvalue weighted by Gasteiger charge is -2.14. The first-order valence-corrected chi connectivity index (χ1v) is 5.73. The zero-order chi connectivity index (χ0) is 12.0. The molecule has 0 saturated heterocycles. The maximum Gasteiger partial charge on any atom is 0.304 e. The van der Waals surface area contributed by atoms with Crippen molar-refractivity contribution in [2.75, 3.05) is 6.79 Å². The van der Waals surface area contributed by atoms with E-state index in [1.165, 1.54) is 0 Å². The molecule has 0 aromatic heterocycles. The SMILES string of the molecule is Cc1cc(C2(CC(=O)O)CC2)cc2c1OCO2. The van der Waals surface area contributed by atoms with Crippen LogP contribution >= 0.6 is 0 Å². The van der Waals surface area contributed by atoms with Crippen LogP contribution in [0.1, 0.15) is 30.4 Å². The molecule has 4 heteroatoms. The van der Waals surface area contributed by atoms with E-state index in [1.54, 1.807) is 0 Å². The van der Waals surface area contributed by atoms with Gasteiger partial charge < -0.3 is 14.6 Å². The van der Waals surface area contributed by atoms with Gasteiger partial charge in [0.2, 0.25) is 6.79 Å². The number of aryl methyl sites for hydroxylation is 1. The van der Waals surface area contributed by atoms with E-state index in [0.29, 0.717) is 0 Å². The Balaban J connectivity index is 1.99. The van der Waals surface area contributed by atoms with Gasteiger partial charge in [-0.2, -0.15) is 0 Å². The van der Waals surface area contributed by atoms with Gasteiger partial charge in [0.25, 0.3) is 0 Å². The van der Waals surface area contributed by atoms with E-state index < -0.39 is 5.97 Å². The van der Waals surface area contributed by atoms with Crippen molar-refractivity contribution in [2.24, 2.45) is 0 Å². The highest BCUT2D eigenvalue weighted by Crippen LogP contribution is 2.53. The predicted octanol–water partition coefficient (Wildman–Crippen LogP) is 2.23. The quantitative estimate of drug-likeness (QED) is 0.871. The summed E-state index contributed by atoms with van der Waals surface area (Å²) in [6.07, 6.45) is 2.09. The van der Waals surface area contributed by atoms with Gasteiger partial charge >= 0.3 is 5.97 Å². The number of aliphatic carboxylic acids is 1. The molecule has 0 unspecified atom stereocenters. The molecular weight excluding hydrogens is 220 g/mol. The van der Waals surface area contributed by atoms with Crippen LogP contribution in [0.4, 0.5) is 0 Å². The second-order valence-electron chi connectivity index (χ2n) is 4.88. The molecule has 1 aromatic carbocycles. The molecule has 1 N–H and O–H groups in total. The monoisotopic (exact) mass is 234 g/mol. The lowest BCUT2D eigenvalue weighted by molar-refractivity contribution is -0.137. The molecule has 0 radical (unpaired) electrons. The lowest BCUT2D eigenvalue weighted by atomic mass is 9.91. The van der Waals surface area contributed by atoms with Gasteiger partial charge in [0, 0.05) is 5.41 Å². The van der Waals surface area contributed by atoms with Crippen LogP contribution in [0.5, 0.6) is 11.5 Å². The standard InChI is InChI=1S/C13H14O4/c1-8-4-9(5-10-12(8)17-7-16-10)13(2-3-13)6-11(14)15/h4-5H,2-3,6-7H2,1H3,(H,14,15). The van der Waals surface area contributed by atoms with Crippen LogP contribution < -0.4 is 9.47 Å². The van der Waals surface area contributed by atoms with Crippen molar-refractivity contribution in [1.29, 1.82) is 0 Å². The van der Waals surface area contributed by atoms with Crippen molar-refractivity contribution in [2.45, 2.75) is 31.6 Å². The van der Waals surface area contributed by atoms with E-state index in [2.05, 4.69) is 0 Å². The Kier molecular flexibility index (Phi) is 2.08. The average Bonchev–Trinajstić information content (AvgIpc) is 2.87. The predicted molar refractivity (Wildman–Crippen MR) is 60.5 cm³/mol. The van der Waals surface area contributed by atoms with Crippen molar-refractivity contribution in [3.05, 3.63) is 23.3 Å². The van der Waals surface area contributed by atoms with Crippen molar-refractivity contribution < 1.29 is 19.4 Å². The highest BCUT2D eigenvalue weighted by molar-refractivity contribution is 5.70. The molecule has 17 heavy (non-hydrogen) atoms. The molecule has 3 rings (SSSR count). The minimum absolute atomic E-state index is 0.169. The topological polar surface area (TPSA) is 55.8 Å². The Labute approximate surface area is 99.2 Å². The molecule has 0 bridgehead atoms. The number of fused-ring (bicyclic) bond motifs is 1. The molecule has 90 valence electrons. The lowest BCUT2D eigenvalue weighted by Crippen LogP contribution is -2.13. The number of hydrogen-bond acceptors (Lipinski definition) is 3. The molecule has 0 amide bonds. The number of rotatable bonds is 3. The minimum atomic E-state index is -0.738. The third-order valence-electron chi connectivity index (χ3n) is 3.61. The summed E-state index contributed by atoms with van der Waals surface area (Å²) in [4.78, 5) is 10.9. The van der Waals surface area contributed by atoms with E-state index in [1.807, 2.05) is 19.1 Å². The van der Waals surface area contributed by atoms with Gasteiger partial charge in [-0.05, 0) is 37.0 Å². The van der Waals surface area contributed by atoms with Crippen molar-refractivity contribution in [3.63, 3.8) is 0 Å². The zero-order valence-electron chi connectivity index (χ0n) is 9.66. The Morgan fingerprint density at radius 1 is 1.41 bits per heavy atom. The van der Waals surface area contributed by atoms with Crippen molar-refractivity contribution in [3.8, 4) is 11.5 Å². The Morgan fingerprint density at radius 3 is 2.82 bits per heavy atom. The maximum absolute atomic E-state index is 10.9. The number of benzene rings is 1. The summed E-state index contributed by atoms with van der Waals surface area (Å²) in [6, 6.07) is 3.97. The molecule has 1 fully saturated rings. The fourth-order valence-electron chi connectivity index (χ4n) is 2.50. The van der Waals surface area contributed by atoms with Crippen molar-refractivity contribution >= 4 is 5.97 Å². The number of carboxylic acids is 1. The number of hydrogen-bond donors (Lipinski definition) is 1. The van der Waals surface area contributed by atoms with Crippen LogP contribution in [0.25, 0.3) is 0 Å². The molecule has 1 heterocycles. The van der Waals surface area contributed by atoms with Crippen LogP contribution in [0.3, 0.4) is 0 Å². The van der Waals surface area contributed by atoms with Crippen LogP contribution in [0.15, 0.2) is 12.1 Å². The first kappa shape index (κ1) is 10.4. The second-order valence-corrected chi connectivity index (χ2v) is 4.88. The normalized spacial score (nSPS) is 19.1. The summed E-state index contributed by atoms with van der Waals surface area (Å²) < 4.78 is 10.7. The zero-order valence-corrected chi connectivity index (χ0v) is 9.66. The van der Waals surface area contributed by atoms with Crippen LogP contribution in [0, 0.1) is 6.92 Å². The summed E-state index contributed by atoms with van der Waals surface area (Å²) in [5.41, 5.74) is 1.92. The van der Waals surface area contributed by atoms with E-state index >= 15 is 0 Å². The minimum Gasteiger partial charge on any atom is -0.481 e. The molecule has 1 aromatic rings. The fraction of sp³-hybridized carbons (Fsp3) is 0.462. The molecule has 1 aliphatic heterocycles. The smallest absolute Gasteiger partial charge is 0.304 e. The van der Waals surface area contributed by atoms with Gasteiger partial charge in [0.15, 0.2) is 11.5 Å². The van der Waals surface area contributed by atoms with E-state index in [-0.39, 0.29) is 18.6 Å². The molecule has 0 atom stereocenters. The first-order chi connectivity index (χ1) is 8.11.